The Morgan fingerprint density at radius 2 is 1.95 bits per heavy atom. The van der Waals surface area contributed by atoms with E-state index >= 15 is 0 Å². The van der Waals surface area contributed by atoms with E-state index in [2.05, 4.69) is 6.58 Å². The SMILES string of the molecule is C=CCCCN(C)C(=O)N1C2CCC1CC(CC(=O)O)C2. The van der Waals surface area contributed by atoms with Gasteiger partial charge >= 0.3 is 12.0 Å². The van der Waals surface area contributed by atoms with Gasteiger partial charge in [-0.1, -0.05) is 6.08 Å². The second-order valence-electron chi connectivity index (χ2n) is 6.36. The van der Waals surface area contributed by atoms with E-state index < -0.39 is 5.97 Å². The fraction of sp³-hybridized carbons (Fsp3) is 0.750. The maximum atomic E-state index is 12.6. The zero-order chi connectivity index (χ0) is 15.4. The lowest BCUT2D eigenvalue weighted by Gasteiger charge is -2.40. The second kappa shape index (κ2) is 6.96. The van der Waals surface area contributed by atoms with Crippen LogP contribution in [0.15, 0.2) is 12.7 Å². The van der Waals surface area contributed by atoms with Gasteiger partial charge in [-0.05, 0) is 44.4 Å². The molecule has 0 aromatic rings. The van der Waals surface area contributed by atoms with Gasteiger partial charge in [0.15, 0.2) is 0 Å². The largest absolute Gasteiger partial charge is 0.481 e. The zero-order valence-corrected chi connectivity index (χ0v) is 12.8. The fourth-order valence-corrected chi connectivity index (χ4v) is 3.78. The number of carboxylic acid groups (broad SMARTS) is 1. The van der Waals surface area contributed by atoms with Gasteiger partial charge in [0.1, 0.15) is 0 Å². The van der Waals surface area contributed by atoms with Crippen molar-refractivity contribution < 1.29 is 14.7 Å². The Morgan fingerprint density at radius 1 is 1.33 bits per heavy atom. The molecule has 2 amide bonds. The first-order valence-corrected chi connectivity index (χ1v) is 7.89. The minimum atomic E-state index is -0.722. The number of fused-ring (bicyclic) bond motifs is 2. The first-order chi connectivity index (χ1) is 10.0. The molecule has 0 aromatic carbocycles. The molecular formula is C16H26N2O3. The number of carboxylic acids is 1. The van der Waals surface area contributed by atoms with Gasteiger partial charge in [0.2, 0.25) is 0 Å². The molecule has 5 heteroatoms. The standard InChI is InChI=1S/C16H26N2O3/c1-3-4-5-8-17(2)16(21)18-13-6-7-14(18)10-12(9-13)11-15(19)20/h3,12-14H,1,4-11H2,2H3,(H,19,20). The third-order valence-electron chi connectivity index (χ3n) is 4.74. The minimum Gasteiger partial charge on any atom is -0.481 e. The van der Waals surface area contributed by atoms with E-state index in [1.807, 2.05) is 18.0 Å². The van der Waals surface area contributed by atoms with Crippen LogP contribution >= 0.6 is 0 Å². The number of amides is 2. The van der Waals surface area contributed by atoms with Crippen molar-refractivity contribution in [2.24, 2.45) is 5.92 Å². The first kappa shape index (κ1) is 15.9. The van der Waals surface area contributed by atoms with Crippen molar-refractivity contribution in [1.29, 1.82) is 0 Å². The predicted molar refractivity (Wildman–Crippen MR) is 81.1 cm³/mol. The quantitative estimate of drug-likeness (QED) is 0.605. The van der Waals surface area contributed by atoms with E-state index in [4.69, 9.17) is 5.11 Å². The van der Waals surface area contributed by atoms with Gasteiger partial charge in [0.05, 0.1) is 0 Å². The maximum absolute atomic E-state index is 12.6. The third-order valence-corrected chi connectivity index (χ3v) is 4.74. The van der Waals surface area contributed by atoms with Crippen LogP contribution in [-0.4, -0.2) is 52.6 Å². The maximum Gasteiger partial charge on any atom is 0.320 e. The molecule has 2 heterocycles. The van der Waals surface area contributed by atoms with Crippen LogP contribution in [0.25, 0.3) is 0 Å². The molecule has 2 atom stereocenters. The van der Waals surface area contributed by atoms with Crippen LogP contribution in [0.1, 0.15) is 44.9 Å². The highest BCUT2D eigenvalue weighted by Crippen LogP contribution is 2.40. The zero-order valence-electron chi connectivity index (χ0n) is 12.8. The van der Waals surface area contributed by atoms with Crippen molar-refractivity contribution in [3.05, 3.63) is 12.7 Å². The number of unbranched alkanes of at least 4 members (excludes halogenated alkanes) is 1. The van der Waals surface area contributed by atoms with Gasteiger partial charge in [-0.2, -0.15) is 0 Å². The first-order valence-electron chi connectivity index (χ1n) is 7.89. The predicted octanol–water partition coefficient (Wildman–Crippen LogP) is 2.72. The van der Waals surface area contributed by atoms with E-state index in [0.717, 1.165) is 45.1 Å². The number of hydrogen-bond donors (Lipinski definition) is 1. The van der Waals surface area contributed by atoms with Crippen molar-refractivity contribution in [1.82, 2.24) is 9.80 Å². The molecule has 2 unspecified atom stereocenters. The number of urea groups is 1. The average molecular weight is 294 g/mol. The van der Waals surface area contributed by atoms with Crippen LogP contribution in [0.2, 0.25) is 0 Å². The average Bonchev–Trinajstić information content (AvgIpc) is 2.69. The molecule has 5 nitrogen and oxygen atoms in total. The Hall–Kier alpha value is -1.52. The summed E-state index contributed by atoms with van der Waals surface area (Å²) in [5.74, 6) is -0.490. The summed E-state index contributed by atoms with van der Waals surface area (Å²) in [6, 6.07) is 0.588. The minimum absolute atomic E-state index is 0.111. The van der Waals surface area contributed by atoms with Gasteiger partial charge < -0.3 is 14.9 Å². The van der Waals surface area contributed by atoms with Gasteiger partial charge in [-0.25, -0.2) is 4.79 Å². The van der Waals surface area contributed by atoms with E-state index in [1.165, 1.54) is 0 Å². The lowest BCUT2D eigenvalue weighted by molar-refractivity contribution is -0.138. The van der Waals surface area contributed by atoms with Crippen LogP contribution in [0.3, 0.4) is 0 Å². The molecule has 0 saturated carbocycles. The summed E-state index contributed by atoms with van der Waals surface area (Å²) in [5, 5.41) is 8.95. The Kier molecular flexibility index (Phi) is 5.26. The summed E-state index contributed by atoms with van der Waals surface area (Å²) in [6.07, 6.45) is 7.70. The Bertz CT molecular complexity index is 396. The molecule has 118 valence electrons. The van der Waals surface area contributed by atoms with Crippen molar-refractivity contribution in [2.75, 3.05) is 13.6 Å². The van der Waals surface area contributed by atoms with Crippen LogP contribution < -0.4 is 0 Å². The highest BCUT2D eigenvalue weighted by atomic mass is 16.4. The molecule has 21 heavy (non-hydrogen) atoms. The summed E-state index contributed by atoms with van der Waals surface area (Å²) in [4.78, 5) is 27.3. The summed E-state index contributed by atoms with van der Waals surface area (Å²) < 4.78 is 0. The molecule has 2 bridgehead atoms. The van der Waals surface area contributed by atoms with Crippen LogP contribution in [-0.2, 0) is 4.79 Å². The van der Waals surface area contributed by atoms with Gasteiger partial charge in [0.25, 0.3) is 0 Å². The van der Waals surface area contributed by atoms with E-state index in [9.17, 15) is 9.59 Å². The number of piperidine rings is 1. The van der Waals surface area contributed by atoms with Gasteiger partial charge in [-0.3, -0.25) is 4.79 Å². The summed E-state index contributed by atoms with van der Waals surface area (Å²) in [6.45, 7) is 4.45. The van der Waals surface area contributed by atoms with Crippen molar-refractivity contribution in [2.45, 2.75) is 57.0 Å². The Balaban J connectivity index is 1.91. The van der Waals surface area contributed by atoms with Gasteiger partial charge in [0, 0.05) is 32.1 Å². The third kappa shape index (κ3) is 3.77. The molecule has 2 rings (SSSR count). The molecule has 0 radical (unpaired) electrons. The van der Waals surface area contributed by atoms with E-state index in [-0.39, 0.29) is 30.5 Å². The molecule has 2 aliphatic heterocycles. The number of carbonyl (C=O) groups excluding carboxylic acids is 1. The molecule has 2 fully saturated rings. The molecule has 0 aliphatic carbocycles. The monoisotopic (exact) mass is 294 g/mol. The highest BCUT2D eigenvalue weighted by molar-refractivity contribution is 5.75. The van der Waals surface area contributed by atoms with Crippen LogP contribution in [0.4, 0.5) is 4.79 Å². The number of nitrogens with zero attached hydrogens (tertiary/aromatic N) is 2. The topological polar surface area (TPSA) is 60.9 Å². The lowest BCUT2D eigenvalue weighted by Crippen LogP contribution is -2.51. The van der Waals surface area contributed by atoms with E-state index in [1.54, 1.807) is 4.90 Å². The number of carbonyl (C=O) groups is 2. The van der Waals surface area contributed by atoms with Crippen molar-refractivity contribution in [3.63, 3.8) is 0 Å². The number of allylic oxidation sites excluding steroid dienone is 1. The number of aliphatic carboxylic acids is 1. The summed E-state index contributed by atoms with van der Waals surface area (Å²) in [7, 11) is 1.86. The van der Waals surface area contributed by atoms with Crippen LogP contribution in [0.5, 0.6) is 0 Å². The molecule has 1 N–H and O–H groups in total. The van der Waals surface area contributed by atoms with E-state index in [0.29, 0.717) is 0 Å². The molecule has 2 aliphatic rings. The molecule has 0 spiro atoms. The lowest BCUT2D eigenvalue weighted by atomic mass is 9.88. The summed E-state index contributed by atoms with van der Waals surface area (Å²) in [5.41, 5.74) is 0. The number of rotatable bonds is 6. The Labute approximate surface area is 126 Å². The fourth-order valence-electron chi connectivity index (χ4n) is 3.78. The Morgan fingerprint density at radius 3 is 2.48 bits per heavy atom. The smallest absolute Gasteiger partial charge is 0.320 e. The van der Waals surface area contributed by atoms with Crippen molar-refractivity contribution in [3.8, 4) is 0 Å². The van der Waals surface area contributed by atoms with Crippen LogP contribution in [0, 0.1) is 5.92 Å². The second-order valence-corrected chi connectivity index (χ2v) is 6.36. The molecular weight excluding hydrogens is 268 g/mol. The van der Waals surface area contributed by atoms with Gasteiger partial charge in [-0.15, -0.1) is 6.58 Å². The molecule has 2 saturated heterocycles. The van der Waals surface area contributed by atoms with Crippen molar-refractivity contribution >= 4 is 12.0 Å². The normalized spacial score (nSPS) is 27.5. The molecule has 0 aromatic heterocycles. The summed E-state index contributed by atoms with van der Waals surface area (Å²) >= 11 is 0. The highest BCUT2D eigenvalue weighted by Gasteiger charge is 2.44. The number of hydrogen-bond acceptors (Lipinski definition) is 2.